The summed E-state index contributed by atoms with van der Waals surface area (Å²) < 4.78 is 11.5. The number of rotatable bonds is 3. The molecule has 2 aliphatic heterocycles. The molecule has 1 N–H and O–H groups in total. The van der Waals surface area contributed by atoms with Gasteiger partial charge in [0.2, 0.25) is 5.91 Å². The van der Waals surface area contributed by atoms with Crippen LogP contribution in [0.1, 0.15) is 24.2 Å². The molecule has 0 spiro atoms. The highest BCUT2D eigenvalue weighted by molar-refractivity contribution is 6.01. The Kier molecular flexibility index (Phi) is 4.43. The largest absolute Gasteiger partial charge is 0.376 e. The van der Waals surface area contributed by atoms with Gasteiger partial charge in [-0.15, -0.1) is 0 Å². The van der Waals surface area contributed by atoms with Crippen molar-refractivity contribution >= 4 is 17.5 Å². The first-order chi connectivity index (χ1) is 11.4. The second kappa shape index (κ2) is 6.37. The normalized spacial score (nSPS) is 25.0. The standard InChI is InChI=1S/C18H22N2O4/c1-4-16(21)19-13-7-5-6-12(8-13)17(22)20-11-18(2,3)24-15-10-23-9-14(15)20/h4-8,14-15H,1,9-11H2,2-3H3,(H,19,21)/t14-,15-/m1/s1. The Morgan fingerprint density at radius 1 is 1.38 bits per heavy atom. The molecule has 2 aliphatic rings. The van der Waals surface area contributed by atoms with E-state index in [9.17, 15) is 9.59 Å². The van der Waals surface area contributed by atoms with Gasteiger partial charge in [0.25, 0.3) is 5.91 Å². The summed E-state index contributed by atoms with van der Waals surface area (Å²) >= 11 is 0. The van der Waals surface area contributed by atoms with Crippen LogP contribution in [0.4, 0.5) is 5.69 Å². The number of hydrogen-bond donors (Lipinski definition) is 1. The Hall–Kier alpha value is -2.18. The number of amides is 2. The second-order valence-electron chi connectivity index (χ2n) is 6.73. The Morgan fingerprint density at radius 3 is 2.92 bits per heavy atom. The molecule has 24 heavy (non-hydrogen) atoms. The van der Waals surface area contributed by atoms with E-state index < -0.39 is 5.60 Å². The number of carbonyl (C=O) groups is 2. The number of carbonyl (C=O) groups excluding carboxylic acids is 2. The third kappa shape index (κ3) is 3.34. The number of hydrogen-bond acceptors (Lipinski definition) is 4. The van der Waals surface area contributed by atoms with Crippen molar-refractivity contribution < 1.29 is 19.1 Å². The molecule has 0 unspecified atom stereocenters. The summed E-state index contributed by atoms with van der Waals surface area (Å²) in [6.45, 7) is 8.87. The van der Waals surface area contributed by atoms with Crippen LogP contribution < -0.4 is 5.32 Å². The topological polar surface area (TPSA) is 67.9 Å². The van der Waals surface area contributed by atoms with Crippen LogP contribution in [0.15, 0.2) is 36.9 Å². The Balaban J connectivity index is 1.83. The molecule has 0 aromatic heterocycles. The van der Waals surface area contributed by atoms with Crippen LogP contribution in [0.5, 0.6) is 0 Å². The average molecular weight is 330 g/mol. The molecule has 0 aliphatic carbocycles. The highest BCUT2D eigenvalue weighted by atomic mass is 16.6. The third-order valence-electron chi connectivity index (χ3n) is 4.25. The van der Waals surface area contributed by atoms with Crippen LogP contribution in [-0.2, 0) is 14.3 Å². The Labute approximate surface area is 141 Å². The van der Waals surface area contributed by atoms with Crippen LogP contribution in [0, 0.1) is 0 Å². The zero-order chi connectivity index (χ0) is 17.3. The molecular formula is C18H22N2O4. The van der Waals surface area contributed by atoms with Gasteiger partial charge in [0.05, 0.1) is 24.9 Å². The van der Waals surface area contributed by atoms with Gasteiger partial charge in [-0.05, 0) is 38.1 Å². The summed E-state index contributed by atoms with van der Waals surface area (Å²) in [5.41, 5.74) is 0.678. The quantitative estimate of drug-likeness (QED) is 0.859. The lowest BCUT2D eigenvalue weighted by Crippen LogP contribution is -2.60. The van der Waals surface area contributed by atoms with Crippen molar-refractivity contribution in [3.8, 4) is 0 Å². The van der Waals surface area contributed by atoms with Crippen molar-refractivity contribution in [1.29, 1.82) is 0 Å². The van der Waals surface area contributed by atoms with E-state index in [1.54, 1.807) is 24.3 Å². The maximum Gasteiger partial charge on any atom is 0.254 e. The molecule has 6 nitrogen and oxygen atoms in total. The second-order valence-corrected chi connectivity index (χ2v) is 6.73. The number of fused-ring (bicyclic) bond motifs is 1. The van der Waals surface area contributed by atoms with Gasteiger partial charge in [0, 0.05) is 17.8 Å². The monoisotopic (exact) mass is 330 g/mol. The maximum absolute atomic E-state index is 13.0. The van der Waals surface area contributed by atoms with Crippen molar-refractivity contribution in [2.75, 3.05) is 25.1 Å². The molecule has 0 saturated carbocycles. The molecule has 128 valence electrons. The first kappa shape index (κ1) is 16.7. The molecule has 2 heterocycles. The first-order valence-electron chi connectivity index (χ1n) is 8.00. The molecule has 0 bridgehead atoms. The van der Waals surface area contributed by atoms with Gasteiger partial charge in [-0.2, -0.15) is 0 Å². The van der Waals surface area contributed by atoms with E-state index in [0.717, 1.165) is 0 Å². The van der Waals surface area contributed by atoms with Gasteiger partial charge >= 0.3 is 0 Å². The van der Waals surface area contributed by atoms with Crippen LogP contribution in [-0.4, -0.2) is 54.2 Å². The van der Waals surface area contributed by atoms with Gasteiger partial charge in [0.15, 0.2) is 0 Å². The summed E-state index contributed by atoms with van der Waals surface area (Å²) in [5.74, 6) is -0.391. The fourth-order valence-electron chi connectivity index (χ4n) is 3.21. The summed E-state index contributed by atoms with van der Waals surface area (Å²) in [6, 6.07) is 6.84. The van der Waals surface area contributed by atoms with E-state index in [0.29, 0.717) is 31.0 Å². The highest BCUT2D eigenvalue weighted by Gasteiger charge is 2.46. The van der Waals surface area contributed by atoms with Crippen molar-refractivity contribution in [2.24, 2.45) is 0 Å². The fourth-order valence-corrected chi connectivity index (χ4v) is 3.21. The van der Waals surface area contributed by atoms with Gasteiger partial charge in [-0.1, -0.05) is 12.6 Å². The van der Waals surface area contributed by atoms with Crippen molar-refractivity contribution in [1.82, 2.24) is 4.90 Å². The molecule has 2 amide bonds. The van der Waals surface area contributed by atoms with E-state index in [1.807, 2.05) is 18.7 Å². The van der Waals surface area contributed by atoms with E-state index in [-0.39, 0.29) is 24.0 Å². The predicted molar refractivity (Wildman–Crippen MR) is 89.9 cm³/mol. The zero-order valence-electron chi connectivity index (χ0n) is 14.0. The molecule has 1 aromatic rings. The lowest BCUT2D eigenvalue weighted by molar-refractivity contribution is -0.137. The van der Waals surface area contributed by atoms with Crippen molar-refractivity contribution in [3.05, 3.63) is 42.5 Å². The van der Waals surface area contributed by atoms with E-state index in [2.05, 4.69) is 11.9 Å². The Bertz CT molecular complexity index is 671. The lowest BCUT2D eigenvalue weighted by atomic mass is 9.99. The minimum atomic E-state index is -0.417. The van der Waals surface area contributed by atoms with Gasteiger partial charge in [0.1, 0.15) is 6.10 Å². The molecular weight excluding hydrogens is 308 g/mol. The summed E-state index contributed by atoms with van der Waals surface area (Å²) in [4.78, 5) is 26.3. The number of morpholine rings is 1. The molecule has 2 atom stereocenters. The van der Waals surface area contributed by atoms with Crippen LogP contribution in [0.3, 0.4) is 0 Å². The zero-order valence-corrected chi connectivity index (χ0v) is 14.0. The molecule has 1 aromatic carbocycles. The fraction of sp³-hybridized carbons (Fsp3) is 0.444. The molecule has 0 radical (unpaired) electrons. The molecule has 6 heteroatoms. The van der Waals surface area contributed by atoms with Crippen molar-refractivity contribution in [3.63, 3.8) is 0 Å². The summed E-state index contributed by atoms with van der Waals surface area (Å²) in [5, 5.41) is 2.68. The minimum absolute atomic E-state index is 0.0723. The highest BCUT2D eigenvalue weighted by Crippen LogP contribution is 2.31. The maximum atomic E-state index is 13.0. The number of nitrogens with one attached hydrogen (secondary N) is 1. The summed E-state index contributed by atoms with van der Waals surface area (Å²) in [6.07, 6.45) is 1.10. The van der Waals surface area contributed by atoms with E-state index in [1.165, 1.54) is 6.08 Å². The first-order valence-corrected chi connectivity index (χ1v) is 8.00. The number of anilines is 1. The lowest BCUT2D eigenvalue weighted by Gasteiger charge is -2.45. The SMILES string of the molecule is C=CC(=O)Nc1cccc(C(=O)N2CC(C)(C)O[C@@H]3COC[C@H]32)c1. The number of ether oxygens (including phenoxy) is 2. The summed E-state index contributed by atoms with van der Waals surface area (Å²) in [7, 11) is 0. The van der Waals surface area contributed by atoms with E-state index >= 15 is 0 Å². The van der Waals surface area contributed by atoms with Gasteiger partial charge in [-0.25, -0.2) is 0 Å². The minimum Gasteiger partial charge on any atom is -0.376 e. The molecule has 2 saturated heterocycles. The molecule has 3 rings (SSSR count). The predicted octanol–water partition coefficient (Wildman–Crippen LogP) is 1.83. The van der Waals surface area contributed by atoms with Gasteiger partial charge in [-0.3, -0.25) is 9.59 Å². The van der Waals surface area contributed by atoms with Gasteiger partial charge < -0.3 is 19.7 Å². The third-order valence-corrected chi connectivity index (χ3v) is 4.25. The van der Waals surface area contributed by atoms with Crippen molar-refractivity contribution in [2.45, 2.75) is 31.6 Å². The number of nitrogens with zero attached hydrogens (tertiary/aromatic N) is 1. The average Bonchev–Trinajstić information content (AvgIpc) is 3.00. The van der Waals surface area contributed by atoms with E-state index in [4.69, 9.17) is 9.47 Å². The smallest absolute Gasteiger partial charge is 0.254 e. The Morgan fingerprint density at radius 2 is 2.17 bits per heavy atom. The number of benzene rings is 1. The molecule has 2 fully saturated rings. The van der Waals surface area contributed by atoms with Crippen LogP contribution in [0.25, 0.3) is 0 Å². The van der Waals surface area contributed by atoms with Crippen LogP contribution in [0.2, 0.25) is 0 Å². The van der Waals surface area contributed by atoms with Crippen LogP contribution >= 0.6 is 0 Å².